The van der Waals surface area contributed by atoms with Crippen molar-refractivity contribution in [3.05, 3.63) is 95.8 Å². The van der Waals surface area contributed by atoms with Gasteiger partial charge in [0.25, 0.3) is 0 Å². The highest BCUT2D eigenvalue weighted by Gasteiger charge is 2.26. The van der Waals surface area contributed by atoms with E-state index in [1.807, 2.05) is 60.7 Å². The summed E-state index contributed by atoms with van der Waals surface area (Å²) < 4.78 is 19.9. The van der Waals surface area contributed by atoms with Crippen molar-refractivity contribution in [2.24, 2.45) is 0 Å². The van der Waals surface area contributed by atoms with Gasteiger partial charge in [-0.25, -0.2) is 9.18 Å². The third-order valence-corrected chi connectivity index (χ3v) is 5.14. The van der Waals surface area contributed by atoms with Crippen LogP contribution in [0.1, 0.15) is 30.9 Å². The van der Waals surface area contributed by atoms with Crippen LogP contribution >= 0.6 is 0 Å². The lowest BCUT2D eigenvalue weighted by Gasteiger charge is -2.20. The third kappa shape index (κ3) is 5.79. The minimum atomic E-state index is -0.814. The molecule has 0 aliphatic heterocycles. The molecule has 1 unspecified atom stereocenters. The zero-order valence-corrected chi connectivity index (χ0v) is 17.7. The molecule has 0 saturated carbocycles. The van der Waals surface area contributed by atoms with Gasteiger partial charge in [0.1, 0.15) is 11.9 Å². The van der Waals surface area contributed by atoms with Crippen molar-refractivity contribution in [2.75, 3.05) is 6.61 Å². The molecule has 1 amide bonds. The first-order chi connectivity index (χ1) is 15.0. The van der Waals surface area contributed by atoms with Crippen LogP contribution in [0.2, 0.25) is 0 Å². The number of halogens is 1. The summed E-state index contributed by atoms with van der Waals surface area (Å²) in [6.45, 7) is 3.64. The van der Waals surface area contributed by atoms with Crippen LogP contribution in [0.25, 0.3) is 11.1 Å². The van der Waals surface area contributed by atoms with Crippen LogP contribution in [-0.2, 0) is 20.7 Å². The van der Waals surface area contributed by atoms with Gasteiger partial charge >= 0.3 is 5.97 Å². The Hall–Kier alpha value is -3.47. The number of hydrogen-bond donors (Lipinski definition) is 1. The van der Waals surface area contributed by atoms with Crippen LogP contribution in [-0.4, -0.2) is 24.5 Å². The first-order valence-electron chi connectivity index (χ1n) is 10.4. The number of nitrogens with one attached hydrogen (secondary N) is 1. The Kier molecular flexibility index (Phi) is 7.55. The fourth-order valence-corrected chi connectivity index (χ4v) is 3.39. The Morgan fingerprint density at radius 2 is 1.61 bits per heavy atom. The van der Waals surface area contributed by atoms with E-state index in [2.05, 4.69) is 5.32 Å². The van der Waals surface area contributed by atoms with Gasteiger partial charge in [-0.1, -0.05) is 72.8 Å². The van der Waals surface area contributed by atoms with Crippen molar-refractivity contribution in [3.8, 4) is 11.1 Å². The van der Waals surface area contributed by atoms with Gasteiger partial charge in [-0.3, -0.25) is 4.79 Å². The number of carbonyl (C=O) groups excluding carboxylic acids is 2. The van der Waals surface area contributed by atoms with E-state index in [1.54, 1.807) is 26.0 Å². The summed E-state index contributed by atoms with van der Waals surface area (Å²) in [4.78, 5) is 25.3. The molecule has 0 aliphatic rings. The number of ether oxygens (including phenoxy) is 1. The molecule has 3 rings (SSSR count). The predicted octanol–water partition coefficient (Wildman–Crippen LogP) is 4.89. The molecule has 0 aromatic heterocycles. The van der Waals surface area contributed by atoms with Gasteiger partial charge in [0, 0.05) is 12.0 Å². The molecule has 0 bridgehead atoms. The van der Waals surface area contributed by atoms with Crippen molar-refractivity contribution in [1.82, 2.24) is 5.32 Å². The zero-order chi connectivity index (χ0) is 22.2. The maximum atomic E-state index is 14.7. The molecular formula is C26H26FNO3. The van der Waals surface area contributed by atoms with Crippen molar-refractivity contribution < 1.29 is 18.7 Å². The fraction of sp³-hybridized carbons (Fsp3) is 0.231. The second-order valence-corrected chi connectivity index (χ2v) is 7.33. The average molecular weight is 419 g/mol. The van der Waals surface area contributed by atoms with Crippen LogP contribution in [0.5, 0.6) is 0 Å². The molecule has 0 radical (unpaired) electrons. The molecule has 5 heteroatoms. The van der Waals surface area contributed by atoms with E-state index in [4.69, 9.17) is 4.74 Å². The van der Waals surface area contributed by atoms with Crippen molar-refractivity contribution in [3.63, 3.8) is 0 Å². The zero-order valence-electron chi connectivity index (χ0n) is 17.7. The topological polar surface area (TPSA) is 55.4 Å². The fourth-order valence-electron chi connectivity index (χ4n) is 3.39. The average Bonchev–Trinajstić information content (AvgIpc) is 2.79. The van der Waals surface area contributed by atoms with Gasteiger partial charge in [-0.15, -0.1) is 0 Å². The first-order valence-corrected chi connectivity index (χ1v) is 10.4. The molecule has 0 spiro atoms. The van der Waals surface area contributed by atoms with Crippen molar-refractivity contribution in [2.45, 2.75) is 32.2 Å². The second kappa shape index (κ2) is 10.5. The lowest BCUT2D eigenvalue weighted by atomic mass is 9.95. The number of rotatable bonds is 8. The Balaban J connectivity index is 1.75. The van der Waals surface area contributed by atoms with E-state index in [-0.39, 0.29) is 12.5 Å². The predicted molar refractivity (Wildman–Crippen MR) is 119 cm³/mol. The minimum absolute atomic E-state index is 0.224. The lowest BCUT2D eigenvalue weighted by Crippen LogP contribution is -2.45. The number of esters is 1. The standard InChI is InChI=1S/C26H26FNO3/c1-3-31-26(30)24(16-19-10-6-4-7-11-19)28-25(29)18(2)21-14-15-22(23(27)17-21)20-12-8-5-9-13-20/h4-15,17-18,24H,3,16H2,1-2H3,(H,28,29)/t18?,24-/m0/s1. The maximum absolute atomic E-state index is 14.7. The van der Waals surface area contributed by atoms with Crippen LogP contribution in [0.4, 0.5) is 4.39 Å². The Morgan fingerprint density at radius 3 is 2.23 bits per heavy atom. The van der Waals surface area contributed by atoms with E-state index in [0.717, 1.165) is 11.1 Å². The molecule has 1 N–H and O–H groups in total. The summed E-state index contributed by atoms with van der Waals surface area (Å²) >= 11 is 0. The van der Waals surface area contributed by atoms with E-state index in [0.29, 0.717) is 17.5 Å². The lowest BCUT2D eigenvalue weighted by molar-refractivity contribution is -0.147. The van der Waals surface area contributed by atoms with Gasteiger partial charge in [-0.05, 0) is 36.6 Å². The molecule has 0 saturated heterocycles. The summed E-state index contributed by atoms with van der Waals surface area (Å²) in [5.74, 6) is -1.88. The Bertz CT molecular complexity index is 1020. The van der Waals surface area contributed by atoms with Crippen molar-refractivity contribution >= 4 is 11.9 Å². The molecular weight excluding hydrogens is 393 g/mol. The summed E-state index contributed by atoms with van der Waals surface area (Å²) in [5, 5.41) is 2.78. The smallest absolute Gasteiger partial charge is 0.328 e. The van der Waals surface area contributed by atoms with Gasteiger partial charge in [0.15, 0.2) is 0 Å². The van der Waals surface area contributed by atoms with Crippen LogP contribution in [0.3, 0.4) is 0 Å². The van der Waals surface area contributed by atoms with Gasteiger partial charge in [0.05, 0.1) is 12.5 Å². The van der Waals surface area contributed by atoms with Gasteiger partial charge in [-0.2, -0.15) is 0 Å². The molecule has 160 valence electrons. The molecule has 0 fully saturated rings. The minimum Gasteiger partial charge on any atom is -0.464 e. The van der Waals surface area contributed by atoms with Crippen molar-refractivity contribution in [1.29, 1.82) is 0 Å². The molecule has 3 aromatic carbocycles. The summed E-state index contributed by atoms with van der Waals surface area (Å²) in [6.07, 6.45) is 0.319. The maximum Gasteiger partial charge on any atom is 0.328 e. The normalized spacial score (nSPS) is 12.6. The molecule has 0 aliphatic carbocycles. The van der Waals surface area contributed by atoms with Gasteiger partial charge in [0.2, 0.25) is 5.91 Å². The molecule has 31 heavy (non-hydrogen) atoms. The first kappa shape index (κ1) is 22.2. The summed E-state index contributed by atoms with van der Waals surface area (Å²) in [7, 11) is 0. The molecule has 2 atom stereocenters. The molecule has 4 nitrogen and oxygen atoms in total. The second-order valence-electron chi connectivity index (χ2n) is 7.33. The highest BCUT2D eigenvalue weighted by Crippen LogP contribution is 2.26. The highest BCUT2D eigenvalue weighted by molar-refractivity contribution is 5.88. The van der Waals surface area contributed by atoms with Crippen LogP contribution in [0.15, 0.2) is 78.9 Å². The molecule has 3 aromatic rings. The highest BCUT2D eigenvalue weighted by atomic mass is 19.1. The van der Waals surface area contributed by atoms with E-state index in [9.17, 15) is 14.0 Å². The van der Waals surface area contributed by atoms with E-state index in [1.165, 1.54) is 6.07 Å². The van der Waals surface area contributed by atoms with E-state index >= 15 is 0 Å². The number of amides is 1. The third-order valence-electron chi connectivity index (χ3n) is 5.14. The van der Waals surface area contributed by atoms with Gasteiger partial charge < -0.3 is 10.1 Å². The quantitative estimate of drug-likeness (QED) is 0.529. The largest absolute Gasteiger partial charge is 0.464 e. The molecule has 0 heterocycles. The summed E-state index contributed by atoms with van der Waals surface area (Å²) in [5.41, 5.74) is 2.70. The van der Waals surface area contributed by atoms with Crippen LogP contribution in [0, 0.1) is 5.82 Å². The van der Waals surface area contributed by atoms with Crippen LogP contribution < -0.4 is 5.32 Å². The Labute approximate surface area is 182 Å². The summed E-state index contributed by atoms with van der Waals surface area (Å²) in [6, 6.07) is 22.6. The number of carbonyl (C=O) groups is 2. The monoisotopic (exact) mass is 419 g/mol. The number of hydrogen-bond acceptors (Lipinski definition) is 3. The number of benzene rings is 3. The van der Waals surface area contributed by atoms with E-state index < -0.39 is 23.7 Å². The Morgan fingerprint density at radius 1 is 0.968 bits per heavy atom. The SMILES string of the molecule is CCOC(=O)[C@H](Cc1ccccc1)NC(=O)C(C)c1ccc(-c2ccccc2)c(F)c1.